The molecule has 1 amide bonds. The van der Waals surface area contributed by atoms with Gasteiger partial charge in [-0.25, -0.2) is 4.79 Å². The van der Waals surface area contributed by atoms with Crippen LogP contribution in [0.25, 0.3) is 0 Å². The van der Waals surface area contributed by atoms with Crippen LogP contribution in [0.1, 0.15) is 34.6 Å². The second kappa shape index (κ2) is 7.47. The zero-order valence-electron chi connectivity index (χ0n) is 13.9. The minimum absolute atomic E-state index is 0.0945. The Bertz CT molecular complexity index is 402. The van der Waals surface area contributed by atoms with Crippen molar-refractivity contribution in [3.05, 3.63) is 0 Å². The third-order valence-electron chi connectivity index (χ3n) is 3.15. The molecule has 7 heteroatoms. The monoisotopic (exact) mass is 315 g/mol. The summed E-state index contributed by atoms with van der Waals surface area (Å²) in [6.45, 7) is 9.28. The molecule has 0 radical (unpaired) electrons. The number of esters is 2. The summed E-state index contributed by atoms with van der Waals surface area (Å²) in [5.41, 5.74) is -0.640. The summed E-state index contributed by atoms with van der Waals surface area (Å²) < 4.78 is 15.3. The molecule has 2 atom stereocenters. The minimum atomic E-state index is -0.716. The molecular formula is C15H25NO6. The van der Waals surface area contributed by atoms with Crippen molar-refractivity contribution < 1.29 is 28.6 Å². The molecule has 0 unspecified atom stereocenters. The molecule has 0 N–H and O–H groups in total. The summed E-state index contributed by atoms with van der Waals surface area (Å²) in [6.07, 6.45) is -0.548. The predicted molar refractivity (Wildman–Crippen MR) is 78.1 cm³/mol. The predicted octanol–water partition coefficient (Wildman–Crippen LogP) is 1.60. The molecule has 126 valence electrons. The number of amides is 1. The first kappa shape index (κ1) is 18.3. The molecule has 1 aliphatic heterocycles. The second-order valence-corrected chi connectivity index (χ2v) is 6.10. The molecule has 1 heterocycles. The number of rotatable bonds is 4. The van der Waals surface area contributed by atoms with Gasteiger partial charge in [0.1, 0.15) is 5.60 Å². The minimum Gasteiger partial charge on any atom is -0.466 e. The molecule has 0 aliphatic carbocycles. The van der Waals surface area contributed by atoms with Crippen LogP contribution in [0.5, 0.6) is 0 Å². The van der Waals surface area contributed by atoms with Gasteiger partial charge in [-0.05, 0) is 34.6 Å². The Morgan fingerprint density at radius 1 is 0.955 bits per heavy atom. The molecule has 0 bridgehead atoms. The molecule has 0 aromatic rings. The van der Waals surface area contributed by atoms with Gasteiger partial charge >= 0.3 is 18.0 Å². The van der Waals surface area contributed by atoms with E-state index in [0.717, 1.165) is 0 Å². The van der Waals surface area contributed by atoms with Crippen molar-refractivity contribution in [2.45, 2.75) is 40.2 Å². The number of carbonyl (C=O) groups is 3. The van der Waals surface area contributed by atoms with Gasteiger partial charge in [0.25, 0.3) is 0 Å². The maximum atomic E-state index is 12.1. The van der Waals surface area contributed by atoms with Gasteiger partial charge in [-0.15, -0.1) is 0 Å². The first-order valence-corrected chi connectivity index (χ1v) is 7.50. The zero-order valence-corrected chi connectivity index (χ0v) is 13.9. The van der Waals surface area contributed by atoms with Crippen LogP contribution in [0.15, 0.2) is 0 Å². The first-order valence-electron chi connectivity index (χ1n) is 7.50. The molecule has 7 nitrogen and oxygen atoms in total. The smallest absolute Gasteiger partial charge is 0.410 e. The average Bonchev–Trinajstić information content (AvgIpc) is 2.82. The summed E-state index contributed by atoms with van der Waals surface area (Å²) in [5, 5.41) is 0. The highest BCUT2D eigenvalue weighted by Gasteiger charge is 2.46. The highest BCUT2D eigenvalue weighted by molar-refractivity contribution is 5.85. The quantitative estimate of drug-likeness (QED) is 0.579. The highest BCUT2D eigenvalue weighted by Crippen LogP contribution is 2.27. The van der Waals surface area contributed by atoms with Gasteiger partial charge in [0.15, 0.2) is 0 Å². The first-order chi connectivity index (χ1) is 10.2. The van der Waals surface area contributed by atoms with Crippen molar-refractivity contribution in [3.8, 4) is 0 Å². The van der Waals surface area contributed by atoms with Crippen molar-refractivity contribution in [1.82, 2.24) is 4.90 Å². The Morgan fingerprint density at radius 3 is 1.68 bits per heavy atom. The summed E-state index contributed by atoms with van der Waals surface area (Å²) in [6, 6.07) is 0. The fourth-order valence-corrected chi connectivity index (χ4v) is 2.26. The van der Waals surface area contributed by atoms with Crippen LogP contribution in [-0.2, 0) is 23.8 Å². The maximum absolute atomic E-state index is 12.1. The molecule has 22 heavy (non-hydrogen) atoms. The molecule has 0 aromatic carbocycles. The fourth-order valence-electron chi connectivity index (χ4n) is 2.26. The van der Waals surface area contributed by atoms with Crippen LogP contribution in [-0.4, -0.2) is 54.8 Å². The molecular weight excluding hydrogens is 290 g/mol. The van der Waals surface area contributed by atoms with Gasteiger partial charge in [-0.2, -0.15) is 0 Å². The van der Waals surface area contributed by atoms with Crippen LogP contribution in [0, 0.1) is 11.8 Å². The molecule has 0 saturated carbocycles. The van der Waals surface area contributed by atoms with E-state index in [9.17, 15) is 14.4 Å². The van der Waals surface area contributed by atoms with E-state index in [4.69, 9.17) is 14.2 Å². The zero-order chi connectivity index (χ0) is 16.9. The van der Waals surface area contributed by atoms with Crippen LogP contribution in [0.4, 0.5) is 4.79 Å². The Kier molecular flexibility index (Phi) is 6.20. The average molecular weight is 315 g/mol. The van der Waals surface area contributed by atoms with Gasteiger partial charge in [0.2, 0.25) is 0 Å². The number of hydrogen-bond acceptors (Lipinski definition) is 6. The van der Waals surface area contributed by atoms with E-state index in [1.807, 2.05) is 0 Å². The van der Waals surface area contributed by atoms with Gasteiger partial charge in [0, 0.05) is 13.1 Å². The van der Waals surface area contributed by atoms with E-state index in [2.05, 4.69) is 0 Å². The summed E-state index contributed by atoms with van der Waals surface area (Å²) in [4.78, 5) is 37.5. The van der Waals surface area contributed by atoms with Crippen LogP contribution in [0.2, 0.25) is 0 Å². The number of carbonyl (C=O) groups excluding carboxylic acids is 3. The second-order valence-electron chi connectivity index (χ2n) is 6.10. The van der Waals surface area contributed by atoms with Crippen molar-refractivity contribution in [1.29, 1.82) is 0 Å². The Labute approximate surface area is 130 Å². The Balaban J connectivity index is 2.83. The van der Waals surface area contributed by atoms with Crippen molar-refractivity contribution in [2.24, 2.45) is 11.8 Å². The van der Waals surface area contributed by atoms with E-state index in [-0.39, 0.29) is 26.3 Å². The molecule has 0 aromatic heterocycles. The van der Waals surface area contributed by atoms with E-state index in [1.165, 1.54) is 4.90 Å². The number of likely N-dealkylation sites (tertiary alicyclic amines) is 1. The summed E-state index contributed by atoms with van der Waals surface area (Å²) in [5.74, 6) is -2.42. The van der Waals surface area contributed by atoms with Gasteiger partial charge < -0.3 is 19.1 Å². The topological polar surface area (TPSA) is 82.1 Å². The lowest BCUT2D eigenvalue weighted by Crippen LogP contribution is -2.36. The van der Waals surface area contributed by atoms with Crippen molar-refractivity contribution >= 4 is 18.0 Å². The molecule has 1 aliphatic rings. The van der Waals surface area contributed by atoms with Crippen LogP contribution >= 0.6 is 0 Å². The van der Waals surface area contributed by atoms with E-state index in [0.29, 0.717) is 0 Å². The van der Waals surface area contributed by atoms with Gasteiger partial charge in [0.05, 0.1) is 25.0 Å². The maximum Gasteiger partial charge on any atom is 0.410 e. The lowest BCUT2D eigenvalue weighted by Gasteiger charge is -2.24. The van der Waals surface area contributed by atoms with Crippen LogP contribution in [0.3, 0.4) is 0 Å². The summed E-state index contributed by atoms with van der Waals surface area (Å²) in [7, 11) is 0. The Hall–Kier alpha value is -1.79. The van der Waals surface area contributed by atoms with Crippen LogP contribution < -0.4 is 0 Å². The van der Waals surface area contributed by atoms with Gasteiger partial charge in [-0.3, -0.25) is 9.59 Å². The van der Waals surface area contributed by atoms with E-state index < -0.39 is 35.5 Å². The number of nitrogens with zero attached hydrogens (tertiary/aromatic N) is 1. The third kappa shape index (κ3) is 4.89. The molecule has 1 saturated heterocycles. The lowest BCUT2D eigenvalue weighted by molar-refractivity contribution is -0.157. The molecule has 1 rings (SSSR count). The molecule has 1 fully saturated rings. The van der Waals surface area contributed by atoms with Crippen molar-refractivity contribution in [2.75, 3.05) is 26.3 Å². The van der Waals surface area contributed by atoms with Crippen molar-refractivity contribution in [3.63, 3.8) is 0 Å². The SMILES string of the molecule is CCOC(=O)[C@H]1CN(C(=O)OC(C)(C)C)C[C@H]1C(=O)OCC. The van der Waals surface area contributed by atoms with E-state index in [1.54, 1.807) is 34.6 Å². The fraction of sp³-hybridized carbons (Fsp3) is 0.800. The molecule has 0 spiro atoms. The normalized spacial score (nSPS) is 21.4. The highest BCUT2D eigenvalue weighted by atomic mass is 16.6. The van der Waals surface area contributed by atoms with E-state index >= 15 is 0 Å². The van der Waals surface area contributed by atoms with Gasteiger partial charge in [-0.1, -0.05) is 0 Å². The summed E-state index contributed by atoms with van der Waals surface area (Å²) >= 11 is 0. The Morgan fingerprint density at radius 2 is 1.36 bits per heavy atom. The third-order valence-corrected chi connectivity index (χ3v) is 3.15. The largest absolute Gasteiger partial charge is 0.466 e. The standard InChI is InChI=1S/C15H25NO6/c1-6-20-12(17)10-8-16(14(19)22-15(3,4)5)9-11(10)13(18)21-7-2/h10-11H,6-9H2,1-5H3/t10-,11+. The number of ether oxygens (including phenoxy) is 3. The number of hydrogen-bond donors (Lipinski definition) is 0. The lowest BCUT2D eigenvalue weighted by atomic mass is 9.96.